The summed E-state index contributed by atoms with van der Waals surface area (Å²) >= 11 is 1.78. The van der Waals surface area contributed by atoms with Gasteiger partial charge in [-0.2, -0.15) is 11.8 Å². The molecule has 5 heteroatoms. The van der Waals surface area contributed by atoms with Gasteiger partial charge in [0.05, 0.1) is 13.2 Å². The molecule has 1 aromatic heterocycles. The molecule has 1 aliphatic rings. The van der Waals surface area contributed by atoms with E-state index in [1.165, 1.54) is 0 Å². The predicted molar refractivity (Wildman–Crippen MR) is 98.2 cm³/mol. The van der Waals surface area contributed by atoms with Crippen LogP contribution in [0.4, 0.5) is 0 Å². The van der Waals surface area contributed by atoms with E-state index < -0.39 is 0 Å². The summed E-state index contributed by atoms with van der Waals surface area (Å²) in [5.74, 6) is 1.17. The number of morpholine rings is 1. The third kappa shape index (κ3) is 4.02. The maximum absolute atomic E-state index is 13.1. The van der Waals surface area contributed by atoms with Gasteiger partial charge in [-0.25, -0.2) is 0 Å². The molecule has 1 amide bonds. The second-order valence-electron chi connectivity index (χ2n) is 5.98. The van der Waals surface area contributed by atoms with E-state index in [1.54, 1.807) is 11.8 Å². The van der Waals surface area contributed by atoms with Crippen LogP contribution in [0.3, 0.4) is 0 Å². The Kier molecular flexibility index (Phi) is 5.99. The largest absolute Gasteiger partial charge is 0.370 e. The van der Waals surface area contributed by atoms with Crippen LogP contribution in [0.5, 0.6) is 0 Å². The number of amides is 1. The number of nitrogens with zero attached hydrogens (tertiary/aromatic N) is 2. The normalized spacial score (nSPS) is 19.2. The number of benzene rings is 1. The first-order chi connectivity index (χ1) is 11.8. The van der Waals surface area contributed by atoms with Gasteiger partial charge in [0.15, 0.2) is 0 Å². The van der Waals surface area contributed by atoms with Crippen LogP contribution in [0.15, 0.2) is 54.9 Å². The summed E-state index contributed by atoms with van der Waals surface area (Å²) in [5.41, 5.74) is 1.14. The lowest BCUT2D eigenvalue weighted by Gasteiger charge is -2.35. The van der Waals surface area contributed by atoms with E-state index >= 15 is 0 Å². The van der Waals surface area contributed by atoms with Crippen molar-refractivity contribution in [3.8, 4) is 0 Å². The van der Waals surface area contributed by atoms with Gasteiger partial charge in [-0.3, -0.25) is 4.79 Å². The smallest absolute Gasteiger partial charge is 0.245 e. The van der Waals surface area contributed by atoms with Gasteiger partial charge in [-0.1, -0.05) is 30.3 Å². The molecule has 24 heavy (non-hydrogen) atoms. The lowest BCUT2D eigenvalue weighted by atomic mass is 10.1. The fourth-order valence-electron chi connectivity index (χ4n) is 3.11. The highest BCUT2D eigenvalue weighted by Gasteiger charge is 2.30. The number of hydrogen-bond acceptors (Lipinski definition) is 3. The SMILES string of the molecule is CSCC[C@@H](C(=O)N1CCO[C@@H](c2ccccc2)C1)n1cccc1. The predicted octanol–water partition coefficient (Wildman–Crippen LogP) is 3.38. The number of ether oxygens (including phenoxy) is 1. The molecule has 1 aliphatic heterocycles. The number of thioether (sulfide) groups is 1. The van der Waals surface area contributed by atoms with Crippen molar-refractivity contribution < 1.29 is 9.53 Å². The van der Waals surface area contributed by atoms with Crippen LogP contribution in [0, 0.1) is 0 Å². The minimum atomic E-state index is -0.123. The zero-order valence-electron chi connectivity index (χ0n) is 14.0. The monoisotopic (exact) mass is 344 g/mol. The Hall–Kier alpha value is -1.72. The molecular formula is C19H24N2O2S. The summed E-state index contributed by atoms with van der Waals surface area (Å²) in [5, 5.41) is 0. The van der Waals surface area contributed by atoms with Gasteiger partial charge in [0.2, 0.25) is 5.91 Å². The number of carbonyl (C=O) groups is 1. The van der Waals surface area contributed by atoms with Crippen molar-refractivity contribution in [2.24, 2.45) is 0 Å². The maximum atomic E-state index is 13.1. The summed E-state index contributed by atoms with van der Waals surface area (Å²) in [6.07, 6.45) is 6.87. The number of rotatable bonds is 6. The molecular weight excluding hydrogens is 320 g/mol. The van der Waals surface area contributed by atoms with Crippen molar-refractivity contribution in [2.75, 3.05) is 31.7 Å². The van der Waals surface area contributed by atoms with E-state index in [2.05, 4.69) is 18.4 Å². The lowest BCUT2D eigenvalue weighted by molar-refractivity contribution is -0.142. The van der Waals surface area contributed by atoms with E-state index in [4.69, 9.17) is 4.74 Å². The van der Waals surface area contributed by atoms with Crippen molar-refractivity contribution in [1.82, 2.24) is 9.47 Å². The standard InChI is InChI=1S/C19H24N2O2S/c1-24-14-9-17(20-10-5-6-11-20)19(22)21-12-13-23-18(15-21)16-7-3-2-4-8-16/h2-8,10-11,17-18H,9,12-15H2,1H3/t17-,18+/m0/s1. The first-order valence-corrected chi connectivity index (χ1v) is 9.75. The minimum Gasteiger partial charge on any atom is -0.370 e. The van der Waals surface area contributed by atoms with Crippen LogP contribution >= 0.6 is 11.8 Å². The molecule has 0 spiro atoms. The summed E-state index contributed by atoms with van der Waals surface area (Å²) < 4.78 is 7.92. The lowest BCUT2D eigenvalue weighted by Crippen LogP contribution is -2.45. The molecule has 0 aliphatic carbocycles. The second-order valence-corrected chi connectivity index (χ2v) is 6.97. The van der Waals surface area contributed by atoms with Crippen LogP contribution in [-0.4, -0.2) is 47.1 Å². The molecule has 0 N–H and O–H groups in total. The summed E-state index contributed by atoms with van der Waals surface area (Å²) in [6, 6.07) is 14.0. The van der Waals surface area contributed by atoms with Crippen LogP contribution in [-0.2, 0) is 9.53 Å². The highest BCUT2D eigenvalue weighted by molar-refractivity contribution is 7.98. The van der Waals surface area contributed by atoms with Crippen LogP contribution < -0.4 is 0 Å². The Morgan fingerprint density at radius 2 is 2.00 bits per heavy atom. The average molecular weight is 344 g/mol. The molecule has 4 nitrogen and oxygen atoms in total. The van der Waals surface area contributed by atoms with Crippen LogP contribution in [0.1, 0.15) is 24.1 Å². The Labute approximate surface area is 147 Å². The number of carbonyl (C=O) groups excluding carboxylic acids is 1. The molecule has 0 unspecified atom stereocenters. The van der Waals surface area contributed by atoms with E-state index in [9.17, 15) is 4.79 Å². The first kappa shape index (κ1) is 17.1. The molecule has 0 radical (unpaired) electrons. The third-order valence-corrected chi connectivity index (χ3v) is 5.06. The van der Waals surface area contributed by atoms with Crippen molar-refractivity contribution in [1.29, 1.82) is 0 Å². The highest BCUT2D eigenvalue weighted by Crippen LogP contribution is 2.25. The number of hydrogen-bond donors (Lipinski definition) is 0. The minimum absolute atomic E-state index is 0.0326. The summed E-state index contributed by atoms with van der Waals surface area (Å²) in [6.45, 7) is 1.88. The van der Waals surface area contributed by atoms with Gasteiger partial charge < -0.3 is 14.2 Å². The second kappa shape index (κ2) is 8.40. The molecule has 2 atom stereocenters. The van der Waals surface area contributed by atoms with Crippen molar-refractivity contribution in [3.63, 3.8) is 0 Å². The molecule has 0 bridgehead atoms. The van der Waals surface area contributed by atoms with E-state index in [1.807, 2.05) is 52.2 Å². The Morgan fingerprint density at radius 3 is 2.71 bits per heavy atom. The van der Waals surface area contributed by atoms with Crippen molar-refractivity contribution in [3.05, 3.63) is 60.4 Å². The Morgan fingerprint density at radius 1 is 1.25 bits per heavy atom. The van der Waals surface area contributed by atoms with Crippen molar-refractivity contribution in [2.45, 2.75) is 18.6 Å². The van der Waals surface area contributed by atoms with Crippen LogP contribution in [0.2, 0.25) is 0 Å². The number of aromatic nitrogens is 1. The average Bonchev–Trinajstić information content (AvgIpc) is 3.17. The first-order valence-electron chi connectivity index (χ1n) is 8.36. The fourth-order valence-corrected chi connectivity index (χ4v) is 3.57. The third-order valence-electron chi connectivity index (χ3n) is 4.42. The summed E-state index contributed by atoms with van der Waals surface area (Å²) in [4.78, 5) is 15.1. The van der Waals surface area contributed by atoms with Gasteiger partial charge >= 0.3 is 0 Å². The zero-order valence-corrected chi connectivity index (χ0v) is 14.8. The molecule has 2 aromatic rings. The molecule has 1 aromatic carbocycles. The molecule has 3 rings (SSSR count). The molecule has 128 valence electrons. The van der Waals surface area contributed by atoms with Gasteiger partial charge in [-0.05, 0) is 36.1 Å². The quantitative estimate of drug-likeness (QED) is 0.806. The molecule has 0 saturated carbocycles. The van der Waals surface area contributed by atoms with Gasteiger partial charge in [0.25, 0.3) is 0 Å². The fraction of sp³-hybridized carbons (Fsp3) is 0.421. The Balaban J connectivity index is 1.72. The summed E-state index contributed by atoms with van der Waals surface area (Å²) in [7, 11) is 0. The topological polar surface area (TPSA) is 34.5 Å². The van der Waals surface area contributed by atoms with Crippen LogP contribution in [0.25, 0.3) is 0 Å². The molecule has 1 fully saturated rings. The molecule has 2 heterocycles. The van der Waals surface area contributed by atoms with Crippen molar-refractivity contribution >= 4 is 17.7 Å². The zero-order chi connectivity index (χ0) is 16.8. The highest BCUT2D eigenvalue weighted by atomic mass is 32.2. The Bertz CT molecular complexity index is 630. The maximum Gasteiger partial charge on any atom is 0.245 e. The van der Waals surface area contributed by atoms with E-state index in [0.717, 1.165) is 17.7 Å². The molecule has 1 saturated heterocycles. The van der Waals surface area contributed by atoms with E-state index in [-0.39, 0.29) is 18.1 Å². The van der Waals surface area contributed by atoms with Gasteiger partial charge in [0, 0.05) is 18.9 Å². The van der Waals surface area contributed by atoms with Gasteiger partial charge in [-0.15, -0.1) is 0 Å². The van der Waals surface area contributed by atoms with E-state index in [0.29, 0.717) is 19.7 Å². The van der Waals surface area contributed by atoms with Gasteiger partial charge in [0.1, 0.15) is 12.1 Å².